The van der Waals surface area contributed by atoms with Crippen LogP contribution in [0.15, 0.2) is 24.3 Å². The van der Waals surface area contributed by atoms with Crippen molar-refractivity contribution in [2.75, 3.05) is 20.6 Å². The van der Waals surface area contributed by atoms with Gasteiger partial charge in [0.05, 0.1) is 0 Å². The topological polar surface area (TPSA) is 34.7 Å². The molecule has 2 rings (SSSR count). The van der Waals surface area contributed by atoms with Crippen molar-refractivity contribution in [1.82, 2.24) is 4.90 Å². The van der Waals surface area contributed by atoms with E-state index < -0.39 is 0 Å². The fourth-order valence-electron chi connectivity index (χ4n) is 3.27. The van der Waals surface area contributed by atoms with E-state index in [9.17, 15) is 0 Å². The van der Waals surface area contributed by atoms with E-state index in [2.05, 4.69) is 38.1 Å². The molecule has 0 bridgehead atoms. The van der Waals surface area contributed by atoms with Gasteiger partial charge in [0.2, 0.25) is 0 Å². The van der Waals surface area contributed by atoms with E-state index >= 15 is 0 Å². The van der Waals surface area contributed by atoms with Gasteiger partial charge in [0.25, 0.3) is 0 Å². The number of benzene rings is 1. The van der Waals surface area contributed by atoms with Gasteiger partial charge in [0.15, 0.2) is 0 Å². The Hall–Kier alpha value is -0.280. The van der Waals surface area contributed by atoms with E-state index in [1.54, 1.807) is 0 Å². The summed E-state index contributed by atoms with van der Waals surface area (Å²) in [7, 11) is 4.32. The van der Waals surface area contributed by atoms with Crippen LogP contribution in [-0.4, -0.2) is 31.0 Å². The zero-order valence-corrected chi connectivity index (χ0v) is 14.9. The largest absolute Gasteiger partial charge is 0.412 e. The van der Waals surface area contributed by atoms with E-state index in [0.717, 1.165) is 10.9 Å². The highest BCUT2D eigenvalue weighted by molar-refractivity contribution is 6.30. The number of hydrogen-bond acceptors (Lipinski definition) is 1. The number of rotatable bonds is 6. The first-order valence-electron chi connectivity index (χ1n) is 7.43. The Morgan fingerprint density at radius 1 is 1.19 bits per heavy atom. The zero-order valence-electron chi connectivity index (χ0n) is 13.4. The molecule has 1 aliphatic rings. The third kappa shape index (κ3) is 5.45. The first-order valence-corrected chi connectivity index (χ1v) is 7.80. The van der Waals surface area contributed by atoms with Crippen molar-refractivity contribution < 1.29 is 5.48 Å². The van der Waals surface area contributed by atoms with Crippen LogP contribution < -0.4 is 0 Å². The Morgan fingerprint density at radius 2 is 1.76 bits per heavy atom. The molecule has 0 heterocycles. The maximum Gasteiger partial charge on any atom is 0.0406 e. The van der Waals surface area contributed by atoms with Crippen molar-refractivity contribution in [2.45, 2.75) is 44.4 Å². The van der Waals surface area contributed by atoms with Crippen LogP contribution in [0.2, 0.25) is 5.02 Å². The standard InChI is InChI=1S/C17H26ClN.ClH.H2O/c1-14(9-12-19(2)3)13-17(10-4-11-17)15-5-7-16(18)8-6-15;;/h5-8,14H,4,9-13H2,1-3H3;1H;1H2. The minimum Gasteiger partial charge on any atom is -0.412 e. The normalized spacial score (nSPS) is 17.4. The third-order valence-electron chi connectivity index (χ3n) is 4.58. The van der Waals surface area contributed by atoms with Crippen LogP contribution in [0.4, 0.5) is 0 Å². The zero-order chi connectivity index (χ0) is 13.9. The number of nitrogens with zero attached hydrogens (tertiary/aromatic N) is 1. The van der Waals surface area contributed by atoms with Crippen LogP contribution in [0.3, 0.4) is 0 Å². The number of hydrogen-bond donors (Lipinski definition) is 0. The van der Waals surface area contributed by atoms with Gasteiger partial charge in [-0.25, -0.2) is 0 Å². The lowest BCUT2D eigenvalue weighted by atomic mass is 9.60. The SMILES string of the molecule is CC(CCN(C)C)CC1(c2ccc(Cl)cc2)CCC1.Cl.O. The fraction of sp³-hybridized carbons (Fsp3) is 0.647. The molecule has 0 aromatic heterocycles. The van der Waals surface area contributed by atoms with E-state index in [0.29, 0.717) is 5.41 Å². The second-order valence-electron chi connectivity index (χ2n) is 6.54. The molecule has 0 radical (unpaired) electrons. The Morgan fingerprint density at radius 3 is 2.19 bits per heavy atom. The first kappa shape index (κ1) is 20.7. The summed E-state index contributed by atoms with van der Waals surface area (Å²) in [6.45, 7) is 3.59. The molecule has 0 saturated heterocycles. The van der Waals surface area contributed by atoms with Gasteiger partial charge in [-0.2, -0.15) is 0 Å². The van der Waals surface area contributed by atoms with Crippen molar-refractivity contribution in [3.63, 3.8) is 0 Å². The van der Waals surface area contributed by atoms with E-state index in [4.69, 9.17) is 11.6 Å². The van der Waals surface area contributed by atoms with Crippen LogP contribution in [0, 0.1) is 5.92 Å². The summed E-state index contributed by atoms with van der Waals surface area (Å²) in [5.74, 6) is 0.790. The van der Waals surface area contributed by atoms with Crippen molar-refractivity contribution in [2.24, 2.45) is 5.92 Å². The second kappa shape index (κ2) is 8.99. The van der Waals surface area contributed by atoms with Gasteiger partial charge in [-0.3, -0.25) is 0 Å². The summed E-state index contributed by atoms with van der Waals surface area (Å²) >= 11 is 6.01. The van der Waals surface area contributed by atoms with Gasteiger partial charge in [-0.05, 0) is 75.4 Å². The predicted molar refractivity (Wildman–Crippen MR) is 94.8 cm³/mol. The molecule has 1 aliphatic carbocycles. The van der Waals surface area contributed by atoms with Crippen LogP contribution in [0.1, 0.15) is 44.6 Å². The molecule has 1 saturated carbocycles. The Kier molecular flexibility index (Phi) is 8.87. The lowest BCUT2D eigenvalue weighted by Gasteiger charge is -2.44. The van der Waals surface area contributed by atoms with E-state index in [1.165, 1.54) is 44.2 Å². The maximum atomic E-state index is 6.01. The average molecular weight is 334 g/mol. The number of halogens is 2. The van der Waals surface area contributed by atoms with Crippen molar-refractivity contribution in [3.05, 3.63) is 34.9 Å². The highest BCUT2D eigenvalue weighted by atomic mass is 35.5. The second-order valence-corrected chi connectivity index (χ2v) is 6.98. The predicted octanol–water partition coefficient (Wildman–Crippen LogP) is 4.34. The highest BCUT2D eigenvalue weighted by Gasteiger charge is 2.39. The molecule has 0 amide bonds. The fourth-order valence-corrected chi connectivity index (χ4v) is 3.39. The highest BCUT2D eigenvalue weighted by Crippen LogP contribution is 2.48. The van der Waals surface area contributed by atoms with Crippen molar-refractivity contribution in [3.8, 4) is 0 Å². The molecule has 0 aliphatic heterocycles. The Bertz CT molecular complexity index is 402. The van der Waals surface area contributed by atoms with Gasteiger partial charge >= 0.3 is 0 Å². The Labute approximate surface area is 140 Å². The maximum absolute atomic E-state index is 6.01. The first-order chi connectivity index (χ1) is 9.02. The minimum absolute atomic E-state index is 0. The van der Waals surface area contributed by atoms with Gasteiger partial charge in [0.1, 0.15) is 0 Å². The van der Waals surface area contributed by atoms with Gasteiger partial charge < -0.3 is 10.4 Å². The summed E-state index contributed by atoms with van der Waals surface area (Å²) in [5, 5.41) is 0.846. The summed E-state index contributed by atoms with van der Waals surface area (Å²) < 4.78 is 0. The van der Waals surface area contributed by atoms with Crippen LogP contribution >= 0.6 is 24.0 Å². The quantitative estimate of drug-likeness (QED) is 0.762. The Balaban J connectivity index is 0.00000200. The molecule has 1 atom stereocenters. The molecule has 21 heavy (non-hydrogen) atoms. The molecule has 1 fully saturated rings. The molecule has 0 spiro atoms. The van der Waals surface area contributed by atoms with Gasteiger partial charge in [-0.15, -0.1) is 12.4 Å². The smallest absolute Gasteiger partial charge is 0.0406 e. The summed E-state index contributed by atoms with van der Waals surface area (Å²) in [4.78, 5) is 2.28. The van der Waals surface area contributed by atoms with Crippen molar-refractivity contribution >= 4 is 24.0 Å². The molecule has 2 nitrogen and oxygen atoms in total. The minimum atomic E-state index is 0. The monoisotopic (exact) mass is 333 g/mol. The van der Waals surface area contributed by atoms with E-state index in [-0.39, 0.29) is 17.9 Å². The van der Waals surface area contributed by atoms with Gasteiger partial charge in [-0.1, -0.05) is 37.1 Å². The summed E-state index contributed by atoms with van der Waals surface area (Å²) in [6.07, 6.45) is 6.69. The molecule has 1 aromatic carbocycles. The average Bonchev–Trinajstić information content (AvgIpc) is 2.32. The van der Waals surface area contributed by atoms with E-state index in [1.807, 2.05) is 12.1 Å². The van der Waals surface area contributed by atoms with Crippen LogP contribution in [-0.2, 0) is 5.41 Å². The molecular formula is C17H29Cl2NO. The lowest BCUT2D eigenvalue weighted by Crippen LogP contribution is -2.36. The molecule has 1 unspecified atom stereocenters. The molecule has 2 N–H and O–H groups in total. The molecule has 4 heteroatoms. The van der Waals surface area contributed by atoms with Gasteiger partial charge in [0, 0.05) is 5.02 Å². The molecule has 1 aromatic rings. The lowest BCUT2D eigenvalue weighted by molar-refractivity contribution is 0.185. The van der Waals surface area contributed by atoms with Crippen molar-refractivity contribution in [1.29, 1.82) is 0 Å². The van der Waals surface area contributed by atoms with Crippen LogP contribution in [0.25, 0.3) is 0 Å². The molecule has 122 valence electrons. The third-order valence-corrected chi connectivity index (χ3v) is 4.83. The summed E-state index contributed by atoms with van der Waals surface area (Å²) in [6, 6.07) is 8.56. The molecular weight excluding hydrogens is 305 g/mol. The van der Waals surface area contributed by atoms with Crippen LogP contribution in [0.5, 0.6) is 0 Å². The summed E-state index contributed by atoms with van der Waals surface area (Å²) in [5.41, 5.74) is 1.94.